The quantitative estimate of drug-likeness (QED) is 0.454. The van der Waals surface area contributed by atoms with Crippen LogP contribution in [0.15, 0.2) is 0 Å². The third kappa shape index (κ3) is 8.02. The molecule has 1 unspecified atom stereocenters. The lowest BCUT2D eigenvalue weighted by molar-refractivity contribution is -0.138. The van der Waals surface area contributed by atoms with Gasteiger partial charge in [0.1, 0.15) is 0 Å². The van der Waals surface area contributed by atoms with E-state index in [1.165, 1.54) is 0 Å². The Hall–Kier alpha value is -1.01. The van der Waals surface area contributed by atoms with Gasteiger partial charge in [-0.05, 0) is 0 Å². The van der Waals surface area contributed by atoms with Gasteiger partial charge in [0.05, 0.1) is 6.42 Å². The van der Waals surface area contributed by atoms with E-state index in [1.54, 1.807) is 0 Å². The second-order valence-corrected chi connectivity index (χ2v) is 3.35. The van der Waals surface area contributed by atoms with Crippen LogP contribution >= 0.6 is 11.6 Å². The van der Waals surface area contributed by atoms with Crippen molar-refractivity contribution in [2.24, 2.45) is 5.92 Å². The van der Waals surface area contributed by atoms with E-state index in [4.69, 9.17) is 21.8 Å². The number of rotatable bonds is 7. The molecule has 88 valence electrons. The molecule has 0 radical (unpaired) electrons. The minimum absolute atomic E-state index is 0.122. The maximum absolute atomic E-state index is 11.0. The zero-order valence-corrected chi connectivity index (χ0v) is 8.96. The van der Waals surface area contributed by atoms with Gasteiger partial charge in [0.2, 0.25) is 0 Å². The summed E-state index contributed by atoms with van der Waals surface area (Å²) in [7, 11) is 0. The Labute approximate surface area is 92.6 Å². The summed E-state index contributed by atoms with van der Waals surface area (Å²) >= 11 is 5.34. The van der Waals surface area contributed by atoms with Crippen LogP contribution < -0.4 is 10.6 Å². The first-order chi connectivity index (χ1) is 7.10. The van der Waals surface area contributed by atoms with E-state index in [-0.39, 0.29) is 19.6 Å². The van der Waals surface area contributed by atoms with Crippen LogP contribution in [-0.2, 0) is 4.79 Å². The number of carboxylic acids is 1. The first-order valence-electron chi connectivity index (χ1n) is 4.50. The van der Waals surface area contributed by atoms with Crippen LogP contribution in [0.3, 0.4) is 0 Å². The number of carbonyl (C=O) groups is 2. The maximum atomic E-state index is 11.0. The van der Waals surface area contributed by atoms with Crippen molar-refractivity contribution < 1.29 is 19.8 Å². The molecular formula is C8H15ClN2O4. The minimum Gasteiger partial charge on any atom is -0.481 e. The molecule has 0 heterocycles. The van der Waals surface area contributed by atoms with Crippen LogP contribution in [-0.4, -0.2) is 47.8 Å². The molecule has 0 rings (SSSR count). The molecule has 2 amide bonds. The molecule has 0 aliphatic heterocycles. The zero-order valence-electron chi connectivity index (χ0n) is 8.20. The van der Waals surface area contributed by atoms with Crippen LogP contribution in [0.25, 0.3) is 0 Å². The van der Waals surface area contributed by atoms with Crippen molar-refractivity contribution in [1.82, 2.24) is 10.6 Å². The molecule has 0 spiro atoms. The predicted molar refractivity (Wildman–Crippen MR) is 55.0 cm³/mol. The number of nitrogens with one attached hydrogen (secondary N) is 2. The van der Waals surface area contributed by atoms with E-state index >= 15 is 0 Å². The number of hydrogen-bond acceptors (Lipinski definition) is 3. The highest BCUT2D eigenvalue weighted by atomic mass is 35.5. The summed E-state index contributed by atoms with van der Waals surface area (Å²) < 4.78 is 0. The summed E-state index contributed by atoms with van der Waals surface area (Å²) in [5, 5.41) is 22.2. The maximum Gasteiger partial charge on any atom is 0.314 e. The molecule has 0 aromatic carbocycles. The van der Waals surface area contributed by atoms with E-state index in [2.05, 4.69) is 10.6 Å². The molecule has 0 aliphatic rings. The van der Waals surface area contributed by atoms with Gasteiger partial charge in [-0.25, -0.2) is 4.79 Å². The molecule has 15 heavy (non-hydrogen) atoms. The van der Waals surface area contributed by atoms with Crippen LogP contribution in [0.1, 0.15) is 6.42 Å². The highest BCUT2D eigenvalue weighted by Crippen LogP contribution is 1.99. The van der Waals surface area contributed by atoms with Crippen molar-refractivity contribution in [3.8, 4) is 0 Å². The van der Waals surface area contributed by atoms with Crippen LogP contribution in [0.5, 0.6) is 0 Å². The fourth-order valence-corrected chi connectivity index (χ4v) is 1.00. The smallest absolute Gasteiger partial charge is 0.314 e. The first kappa shape index (κ1) is 14.0. The molecular weight excluding hydrogens is 224 g/mol. The SMILES string of the molecule is O=C(O)CC(CO)CNC(=O)NCCCl. The van der Waals surface area contributed by atoms with Gasteiger partial charge in [0.15, 0.2) is 0 Å². The number of aliphatic hydroxyl groups excluding tert-OH is 1. The van der Waals surface area contributed by atoms with Gasteiger partial charge in [-0.15, -0.1) is 11.6 Å². The number of aliphatic carboxylic acids is 1. The molecule has 0 saturated heterocycles. The lowest BCUT2D eigenvalue weighted by Gasteiger charge is -2.12. The zero-order chi connectivity index (χ0) is 11.7. The molecule has 0 aliphatic carbocycles. The van der Waals surface area contributed by atoms with E-state index in [0.717, 1.165) is 0 Å². The first-order valence-corrected chi connectivity index (χ1v) is 5.04. The Bertz CT molecular complexity index is 213. The molecule has 1 atom stereocenters. The Morgan fingerprint density at radius 2 is 2.00 bits per heavy atom. The molecule has 6 nitrogen and oxygen atoms in total. The third-order valence-corrected chi connectivity index (χ3v) is 1.84. The van der Waals surface area contributed by atoms with Crippen LogP contribution in [0.4, 0.5) is 4.79 Å². The lowest BCUT2D eigenvalue weighted by Crippen LogP contribution is -2.40. The normalized spacial score (nSPS) is 11.9. The number of urea groups is 1. The molecule has 0 aromatic rings. The fourth-order valence-electron chi connectivity index (χ4n) is 0.909. The number of carbonyl (C=O) groups excluding carboxylic acids is 1. The Morgan fingerprint density at radius 3 is 2.47 bits per heavy atom. The van der Waals surface area contributed by atoms with Crippen LogP contribution in [0.2, 0.25) is 0 Å². The summed E-state index contributed by atoms with van der Waals surface area (Å²) in [6.45, 7) is 0.190. The van der Waals surface area contributed by atoms with Crippen molar-refractivity contribution in [2.45, 2.75) is 6.42 Å². The molecule has 4 N–H and O–H groups in total. The monoisotopic (exact) mass is 238 g/mol. The Morgan fingerprint density at radius 1 is 1.33 bits per heavy atom. The number of amides is 2. The number of halogens is 1. The summed E-state index contributed by atoms with van der Waals surface area (Å²) in [5.41, 5.74) is 0. The largest absolute Gasteiger partial charge is 0.481 e. The van der Waals surface area contributed by atoms with Crippen molar-refractivity contribution in [3.05, 3.63) is 0 Å². The van der Waals surface area contributed by atoms with Gasteiger partial charge in [-0.1, -0.05) is 0 Å². The second-order valence-electron chi connectivity index (χ2n) is 2.97. The standard InChI is InChI=1S/C8H15ClN2O4/c9-1-2-10-8(15)11-4-6(5-12)3-7(13)14/h6,12H,1-5H2,(H,13,14)(H2,10,11,15). The van der Waals surface area contributed by atoms with Gasteiger partial charge in [-0.2, -0.15) is 0 Å². The molecule has 0 saturated carbocycles. The van der Waals surface area contributed by atoms with Gasteiger partial charge < -0.3 is 20.8 Å². The van der Waals surface area contributed by atoms with Gasteiger partial charge >= 0.3 is 12.0 Å². The average Bonchev–Trinajstić information content (AvgIpc) is 2.20. The average molecular weight is 239 g/mol. The van der Waals surface area contributed by atoms with Gasteiger partial charge in [0.25, 0.3) is 0 Å². The molecule has 0 bridgehead atoms. The highest BCUT2D eigenvalue weighted by Gasteiger charge is 2.12. The number of aliphatic hydroxyl groups is 1. The summed E-state index contributed by atoms with van der Waals surface area (Å²) in [5.74, 6) is -1.16. The number of hydrogen-bond donors (Lipinski definition) is 4. The van der Waals surface area contributed by atoms with Gasteiger partial charge in [-0.3, -0.25) is 4.79 Å². The molecule has 0 aromatic heterocycles. The molecule has 7 heteroatoms. The van der Waals surface area contributed by atoms with Crippen LogP contribution in [0, 0.1) is 5.92 Å². The fraction of sp³-hybridized carbons (Fsp3) is 0.750. The number of carboxylic acid groups (broad SMARTS) is 1. The van der Waals surface area contributed by atoms with Crippen molar-refractivity contribution in [1.29, 1.82) is 0 Å². The predicted octanol–water partition coefficient (Wildman–Crippen LogP) is -0.392. The van der Waals surface area contributed by atoms with Crippen molar-refractivity contribution in [3.63, 3.8) is 0 Å². The van der Waals surface area contributed by atoms with Crippen molar-refractivity contribution >= 4 is 23.6 Å². The Kier molecular flexibility index (Phi) is 7.75. The summed E-state index contributed by atoms with van der Waals surface area (Å²) in [6, 6.07) is -0.417. The van der Waals surface area contributed by atoms with E-state index < -0.39 is 17.9 Å². The Balaban J connectivity index is 3.69. The summed E-state index contributed by atoms with van der Waals surface area (Å²) in [4.78, 5) is 21.3. The summed E-state index contributed by atoms with van der Waals surface area (Å²) in [6.07, 6.45) is -0.174. The highest BCUT2D eigenvalue weighted by molar-refractivity contribution is 6.18. The second kappa shape index (κ2) is 8.31. The van der Waals surface area contributed by atoms with E-state index in [0.29, 0.717) is 12.4 Å². The van der Waals surface area contributed by atoms with Gasteiger partial charge in [0, 0.05) is 31.5 Å². The topological polar surface area (TPSA) is 98.7 Å². The van der Waals surface area contributed by atoms with E-state index in [1.807, 2.05) is 0 Å². The number of alkyl halides is 1. The minimum atomic E-state index is -1.00. The lowest BCUT2D eigenvalue weighted by atomic mass is 10.1. The third-order valence-electron chi connectivity index (χ3n) is 1.65. The van der Waals surface area contributed by atoms with Crippen molar-refractivity contribution in [2.75, 3.05) is 25.6 Å². The molecule has 0 fully saturated rings. The van der Waals surface area contributed by atoms with E-state index in [9.17, 15) is 9.59 Å².